The van der Waals surface area contributed by atoms with Gasteiger partial charge in [-0.15, -0.1) is 0 Å². The maximum absolute atomic E-state index is 3.63. The fourth-order valence-corrected chi connectivity index (χ4v) is 3.46. The average molecular weight is 383 g/mol. The van der Waals surface area contributed by atoms with Crippen molar-refractivity contribution in [1.29, 1.82) is 0 Å². The number of nitrogens with one attached hydrogen (secondary N) is 1. The Bertz CT molecular complexity index is 504. The molecule has 2 aromatic carbocycles. The SMILES string of the molecule is CC(NC(C)c1ccccc1Br)c1ccccc1Br. The van der Waals surface area contributed by atoms with Crippen molar-refractivity contribution < 1.29 is 0 Å². The molecule has 0 aliphatic heterocycles. The molecule has 3 heteroatoms. The maximum Gasteiger partial charge on any atom is 0.0308 e. The Morgan fingerprint density at radius 2 is 1.11 bits per heavy atom. The van der Waals surface area contributed by atoms with E-state index >= 15 is 0 Å². The molecule has 0 aliphatic carbocycles. The van der Waals surface area contributed by atoms with Crippen molar-refractivity contribution in [3.05, 3.63) is 68.6 Å². The minimum Gasteiger partial charge on any atom is -0.304 e. The minimum atomic E-state index is 0.290. The summed E-state index contributed by atoms with van der Waals surface area (Å²) >= 11 is 7.22. The van der Waals surface area contributed by atoms with Crippen molar-refractivity contribution in [1.82, 2.24) is 5.32 Å². The third-order valence-electron chi connectivity index (χ3n) is 3.24. The van der Waals surface area contributed by atoms with Crippen LogP contribution in [0.2, 0.25) is 0 Å². The van der Waals surface area contributed by atoms with Crippen LogP contribution in [0.5, 0.6) is 0 Å². The molecule has 2 unspecified atom stereocenters. The highest BCUT2D eigenvalue weighted by Crippen LogP contribution is 2.28. The lowest BCUT2D eigenvalue weighted by Crippen LogP contribution is -2.23. The van der Waals surface area contributed by atoms with E-state index in [1.165, 1.54) is 11.1 Å². The molecule has 2 rings (SSSR count). The summed E-state index contributed by atoms with van der Waals surface area (Å²) in [5.74, 6) is 0. The van der Waals surface area contributed by atoms with E-state index in [9.17, 15) is 0 Å². The first-order valence-electron chi connectivity index (χ1n) is 6.34. The van der Waals surface area contributed by atoms with Crippen molar-refractivity contribution >= 4 is 31.9 Å². The molecule has 0 spiro atoms. The molecule has 0 bridgehead atoms. The standard InChI is InChI=1S/C16H17Br2N/c1-11(13-7-3-5-9-15(13)17)19-12(2)14-8-4-6-10-16(14)18/h3-12,19H,1-2H3. The second-order valence-electron chi connectivity index (χ2n) is 4.65. The number of rotatable bonds is 4. The largest absolute Gasteiger partial charge is 0.304 e. The highest BCUT2D eigenvalue weighted by molar-refractivity contribution is 9.10. The molecule has 2 atom stereocenters. The number of hydrogen-bond acceptors (Lipinski definition) is 1. The first-order valence-corrected chi connectivity index (χ1v) is 7.93. The molecule has 1 nitrogen and oxygen atoms in total. The van der Waals surface area contributed by atoms with E-state index in [1.807, 2.05) is 12.1 Å². The van der Waals surface area contributed by atoms with Crippen molar-refractivity contribution in [2.75, 3.05) is 0 Å². The van der Waals surface area contributed by atoms with Crippen LogP contribution in [0.15, 0.2) is 57.5 Å². The molecule has 1 N–H and O–H groups in total. The van der Waals surface area contributed by atoms with Crippen molar-refractivity contribution in [2.24, 2.45) is 0 Å². The molecule has 0 aromatic heterocycles. The van der Waals surface area contributed by atoms with Crippen molar-refractivity contribution in [3.8, 4) is 0 Å². The number of hydrogen-bond donors (Lipinski definition) is 1. The number of benzene rings is 2. The number of halogens is 2. The van der Waals surface area contributed by atoms with Crippen LogP contribution in [0, 0.1) is 0 Å². The average Bonchev–Trinajstić information content (AvgIpc) is 2.39. The van der Waals surface area contributed by atoms with Crippen LogP contribution in [0.3, 0.4) is 0 Å². The molecule has 0 amide bonds. The van der Waals surface area contributed by atoms with Crippen LogP contribution >= 0.6 is 31.9 Å². The third-order valence-corrected chi connectivity index (χ3v) is 4.69. The van der Waals surface area contributed by atoms with Crippen LogP contribution < -0.4 is 5.32 Å². The fraction of sp³-hybridized carbons (Fsp3) is 0.250. The Morgan fingerprint density at radius 1 is 0.737 bits per heavy atom. The molecule has 19 heavy (non-hydrogen) atoms. The van der Waals surface area contributed by atoms with E-state index < -0.39 is 0 Å². The van der Waals surface area contributed by atoms with Gasteiger partial charge in [0.15, 0.2) is 0 Å². The topological polar surface area (TPSA) is 12.0 Å². The van der Waals surface area contributed by atoms with Crippen LogP contribution in [0.4, 0.5) is 0 Å². The fourth-order valence-electron chi connectivity index (χ4n) is 2.21. The van der Waals surface area contributed by atoms with Crippen LogP contribution in [0.25, 0.3) is 0 Å². The van der Waals surface area contributed by atoms with Crippen LogP contribution in [-0.4, -0.2) is 0 Å². The summed E-state index contributed by atoms with van der Waals surface area (Å²) in [6, 6.07) is 17.3. The lowest BCUT2D eigenvalue weighted by atomic mass is 10.0. The highest BCUT2D eigenvalue weighted by Gasteiger charge is 2.14. The summed E-state index contributed by atoms with van der Waals surface area (Å²) in [4.78, 5) is 0. The lowest BCUT2D eigenvalue weighted by Gasteiger charge is -2.22. The summed E-state index contributed by atoms with van der Waals surface area (Å²) in [6.07, 6.45) is 0. The van der Waals surface area contributed by atoms with Gasteiger partial charge < -0.3 is 5.32 Å². The van der Waals surface area contributed by atoms with Gasteiger partial charge in [-0.05, 0) is 37.1 Å². The first-order chi connectivity index (χ1) is 9.09. The van der Waals surface area contributed by atoms with Gasteiger partial charge in [0.1, 0.15) is 0 Å². The van der Waals surface area contributed by atoms with Gasteiger partial charge in [0.05, 0.1) is 0 Å². The molecule has 0 saturated carbocycles. The van der Waals surface area contributed by atoms with Gasteiger partial charge in [-0.1, -0.05) is 68.3 Å². The predicted molar refractivity (Wildman–Crippen MR) is 88.2 cm³/mol. The Labute approximate surface area is 131 Å². The molecule has 0 heterocycles. The Hall–Kier alpha value is -0.640. The summed E-state index contributed by atoms with van der Waals surface area (Å²) in [5.41, 5.74) is 2.56. The normalized spacial score (nSPS) is 14.1. The quantitative estimate of drug-likeness (QED) is 0.723. The molecule has 0 aliphatic rings. The summed E-state index contributed by atoms with van der Waals surface area (Å²) < 4.78 is 2.30. The van der Waals surface area contributed by atoms with Gasteiger partial charge in [0.2, 0.25) is 0 Å². The Morgan fingerprint density at radius 3 is 1.47 bits per heavy atom. The Kier molecular flexibility index (Phi) is 5.20. The minimum absolute atomic E-state index is 0.290. The van der Waals surface area contributed by atoms with Crippen LogP contribution in [0.1, 0.15) is 37.1 Å². The summed E-state index contributed by atoms with van der Waals surface area (Å²) in [6.45, 7) is 4.38. The summed E-state index contributed by atoms with van der Waals surface area (Å²) in [5, 5.41) is 3.63. The molecule has 0 radical (unpaired) electrons. The summed E-state index contributed by atoms with van der Waals surface area (Å²) in [7, 11) is 0. The van der Waals surface area contributed by atoms with E-state index in [-0.39, 0.29) is 12.1 Å². The zero-order valence-electron chi connectivity index (χ0n) is 11.0. The van der Waals surface area contributed by atoms with Gasteiger partial charge in [-0.2, -0.15) is 0 Å². The molecule has 0 fully saturated rings. The first kappa shape index (κ1) is 14.8. The van der Waals surface area contributed by atoms with E-state index in [4.69, 9.17) is 0 Å². The van der Waals surface area contributed by atoms with Gasteiger partial charge in [-0.3, -0.25) is 0 Å². The van der Waals surface area contributed by atoms with E-state index in [1.54, 1.807) is 0 Å². The zero-order chi connectivity index (χ0) is 13.8. The second-order valence-corrected chi connectivity index (χ2v) is 6.36. The van der Waals surface area contributed by atoms with E-state index in [2.05, 4.69) is 87.4 Å². The monoisotopic (exact) mass is 381 g/mol. The highest BCUT2D eigenvalue weighted by atomic mass is 79.9. The van der Waals surface area contributed by atoms with Crippen LogP contribution in [-0.2, 0) is 0 Å². The van der Waals surface area contributed by atoms with Gasteiger partial charge in [-0.25, -0.2) is 0 Å². The molecule has 0 saturated heterocycles. The second kappa shape index (κ2) is 6.69. The Balaban J connectivity index is 2.13. The van der Waals surface area contributed by atoms with E-state index in [0.717, 1.165) is 8.95 Å². The lowest BCUT2D eigenvalue weighted by molar-refractivity contribution is 0.492. The third kappa shape index (κ3) is 3.68. The molecular formula is C16H17Br2N. The van der Waals surface area contributed by atoms with E-state index in [0.29, 0.717) is 0 Å². The van der Waals surface area contributed by atoms with Gasteiger partial charge in [0, 0.05) is 21.0 Å². The van der Waals surface area contributed by atoms with Crippen molar-refractivity contribution in [2.45, 2.75) is 25.9 Å². The van der Waals surface area contributed by atoms with Gasteiger partial charge in [0.25, 0.3) is 0 Å². The molecule has 2 aromatic rings. The molecular weight excluding hydrogens is 366 g/mol. The van der Waals surface area contributed by atoms with Gasteiger partial charge >= 0.3 is 0 Å². The maximum atomic E-state index is 3.63. The smallest absolute Gasteiger partial charge is 0.0308 e. The molecule has 100 valence electrons. The van der Waals surface area contributed by atoms with Crippen molar-refractivity contribution in [3.63, 3.8) is 0 Å². The predicted octanol–water partition coefficient (Wildman–Crippen LogP) is 5.62. The zero-order valence-corrected chi connectivity index (χ0v) is 14.2.